The monoisotopic (exact) mass is 351 g/mol. The molecule has 0 bridgehead atoms. The van der Waals surface area contributed by atoms with Crippen LogP contribution in [0.4, 0.5) is 10.2 Å². The van der Waals surface area contributed by atoms with Crippen molar-refractivity contribution in [2.45, 2.75) is 45.1 Å². The number of rotatable bonds is 3. The zero-order valence-corrected chi connectivity index (χ0v) is 13.7. The van der Waals surface area contributed by atoms with Gasteiger partial charge in [0.2, 0.25) is 0 Å². The van der Waals surface area contributed by atoms with Gasteiger partial charge in [0.05, 0.1) is 0 Å². The third-order valence-corrected chi connectivity index (χ3v) is 4.92. The van der Waals surface area contributed by atoms with Gasteiger partial charge in [-0.3, -0.25) is 0 Å². The van der Waals surface area contributed by atoms with Crippen molar-refractivity contribution in [1.82, 2.24) is 9.55 Å². The summed E-state index contributed by atoms with van der Waals surface area (Å²) in [6.45, 7) is 2.89. The maximum absolute atomic E-state index is 13.3. The number of halogens is 2. The summed E-state index contributed by atoms with van der Waals surface area (Å²) in [6, 6.07) is 4.63. The molecule has 1 heterocycles. The summed E-state index contributed by atoms with van der Waals surface area (Å²) in [4.78, 5) is 4.81. The van der Waals surface area contributed by atoms with E-state index in [0.717, 1.165) is 23.6 Å². The maximum atomic E-state index is 13.3. The van der Waals surface area contributed by atoms with Crippen LogP contribution >= 0.6 is 15.9 Å². The van der Waals surface area contributed by atoms with Crippen LogP contribution < -0.4 is 5.73 Å². The van der Waals surface area contributed by atoms with Gasteiger partial charge in [0, 0.05) is 22.5 Å². The number of nitrogens with zero attached hydrogens (tertiary/aromatic N) is 2. The molecule has 3 nitrogen and oxygen atoms in total. The molecule has 21 heavy (non-hydrogen) atoms. The highest BCUT2D eigenvalue weighted by molar-refractivity contribution is 9.10. The number of hydrogen-bond donors (Lipinski definition) is 1. The molecule has 3 rings (SSSR count). The quantitative estimate of drug-likeness (QED) is 0.869. The Morgan fingerprint density at radius 3 is 2.71 bits per heavy atom. The lowest BCUT2D eigenvalue weighted by Gasteiger charge is -2.11. The molecule has 2 N–H and O–H groups in total. The van der Waals surface area contributed by atoms with Crippen molar-refractivity contribution in [3.8, 4) is 11.3 Å². The lowest BCUT2D eigenvalue weighted by Crippen LogP contribution is -2.08. The Morgan fingerprint density at radius 2 is 2.10 bits per heavy atom. The number of hydrogen-bond acceptors (Lipinski definition) is 2. The zero-order chi connectivity index (χ0) is 15.0. The minimum Gasteiger partial charge on any atom is -0.383 e. The van der Waals surface area contributed by atoms with Gasteiger partial charge in [0.1, 0.15) is 23.2 Å². The van der Waals surface area contributed by atoms with Crippen molar-refractivity contribution in [3.63, 3.8) is 0 Å². The molecule has 1 aliphatic carbocycles. The van der Waals surface area contributed by atoms with Crippen LogP contribution in [0.1, 0.15) is 44.3 Å². The predicted molar refractivity (Wildman–Crippen MR) is 86.6 cm³/mol. The molecular formula is C16H19BrFN3. The van der Waals surface area contributed by atoms with Crippen LogP contribution in [0.2, 0.25) is 0 Å². The van der Waals surface area contributed by atoms with Crippen molar-refractivity contribution < 1.29 is 4.39 Å². The van der Waals surface area contributed by atoms with Gasteiger partial charge >= 0.3 is 0 Å². The van der Waals surface area contributed by atoms with Gasteiger partial charge in [-0.1, -0.05) is 12.8 Å². The van der Waals surface area contributed by atoms with Crippen LogP contribution in [0.25, 0.3) is 11.3 Å². The van der Waals surface area contributed by atoms with E-state index in [0.29, 0.717) is 16.2 Å². The number of nitrogen functional groups attached to an aromatic ring is 1. The Hall–Kier alpha value is -1.36. The molecule has 2 aromatic rings. The van der Waals surface area contributed by atoms with Crippen molar-refractivity contribution in [2.24, 2.45) is 0 Å². The molecule has 0 unspecified atom stereocenters. The van der Waals surface area contributed by atoms with Crippen LogP contribution in [0.15, 0.2) is 22.7 Å². The zero-order valence-electron chi connectivity index (χ0n) is 12.1. The summed E-state index contributed by atoms with van der Waals surface area (Å²) in [5.74, 6) is 1.99. The Labute approximate surface area is 132 Å². The minimum atomic E-state index is -0.268. The second kappa shape index (κ2) is 5.79. The molecule has 0 saturated heterocycles. The summed E-state index contributed by atoms with van der Waals surface area (Å²) in [6.07, 6.45) is 4.88. The standard InChI is InChI=1S/C16H19BrFN3/c1-2-21-15(19)14(12-8-7-11(18)9-13(12)17)20-16(21)10-5-3-4-6-10/h7-10H,2-6,19H2,1H3. The fourth-order valence-electron chi connectivity index (χ4n) is 3.19. The molecule has 0 amide bonds. The Kier molecular flexibility index (Phi) is 4.02. The largest absolute Gasteiger partial charge is 0.383 e. The Balaban J connectivity index is 2.10. The molecular weight excluding hydrogens is 333 g/mol. The number of nitrogens with two attached hydrogens (primary N) is 1. The highest BCUT2D eigenvalue weighted by Gasteiger charge is 2.25. The fourth-order valence-corrected chi connectivity index (χ4v) is 3.73. The molecule has 1 saturated carbocycles. The van der Waals surface area contributed by atoms with Gasteiger partial charge in [0.15, 0.2) is 0 Å². The van der Waals surface area contributed by atoms with Gasteiger partial charge in [-0.05, 0) is 53.9 Å². The van der Waals surface area contributed by atoms with Gasteiger partial charge in [0.25, 0.3) is 0 Å². The van der Waals surface area contributed by atoms with E-state index in [1.165, 1.54) is 37.8 Å². The van der Waals surface area contributed by atoms with E-state index in [2.05, 4.69) is 27.4 Å². The van der Waals surface area contributed by atoms with Crippen molar-refractivity contribution in [2.75, 3.05) is 5.73 Å². The Bertz CT molecular complexity index is 660. The summed E-state index contributed by atoms with van der Waals surface area (Å²) >= 11 is 3.41. The first-order valence-corrected chi connectivity index (χ1v) is 8.22. The van der Waals surface area contributed by atoms with Crippen LogP contribution in [0, 0.1) is 5.82 Å². The third-order valence-electron chi connectivity index (χ3n) is 4.26. The first kappa shape index (κ1) is 14.6. The Morgan fingerprint density at radius 1 is 1.38 bits per heavy atom. The van der Waals surface area contributed by atoms with E-state index in [1.54, 1.807) is 6.07 Å². The van der Waals surface area contributed by atoms with Gasteiger partial charge in [-0.2, -0.15) is 0 Å². The molecule has 5 heteroatoms. The van der Waals surface area contributed by atoms with Gasteiger partial charge in [-0.15, -0.1) is 0 Å². The van der Waals surface area contributed by atoms with E-state index in [1.807, 2.05) is 0 Å². The second-order valence-electron chi connectivity index (χ2n) is 5.55. The molecule has 1 fully saturated rings. The second-order valence-corrected chi connectivity index (χ2v) is 6.41. The highest BCUT2D eigenvalue weighted by Crippen LogP contribution is 2.39. The predicted octanol–water partition coefficient (Wildman–Crippen LogP) is 4.71. The van der Waals surface area contributed by atoms with E-state index in [4.69, 9.17) is 10.7 Å². The van der Waals surface area contributed by atoms with E-state index in [-0.39, 0.29) is 5.82 Å². The van der Waals surface area contributed by atoms with Crippen LogP contribution in [0.3, 0.4) is 0 Å². The minimum absolute atomic E-state index is 0.268. The van der Waals surface area contributed by atoms with Gasteiger partial charge < -0.3 is 10.3 Å². The molecule has 112 valence electrons. The van der Waals surface area contributed by atoms with Crippen LogP contribution in [-0.2, 0) is 6.54 Å². The number of aromatic nitrogens is 2. The fraction of sp³-hybridized carbons (Fsp3) is 0.438. The first-order valence-electron chi connectivity index (χ1n) is 7.43. The third kappa shape index (κ3) is 2.59. The smallest absolute Gasteiger partial charge is 0.131 e. The first-order chi connectivity index (χ1) is 10.1. The van der Waals surface area contributed by atoms with Gasteiger partial charge in [-0.25, -0.2) is 9.37 Å². The summed E-state index contributed by atoms with van der Waals surface area (Å²) in [5, 5.41) is 0. The van der Waals surface area contributed by atoms with Crippen molar-refractivity contribution in [3.05, 3.63) is 34.3 Å². The number of benzene rings is 1. The molecule has 1 aromatic heterocycles. The lowest BCUT2D eigenvalue weighted by atomic mass is 10.1. The molecule has 0 spiro atoms. The molecule has 0 radical (unpaired) electrons. The number of imidazole rings is 1. The molecule has 0 aliphatic heterocycles. The normalized spacial score (nSPS) is 15.8. The van der Waals surface area contributed by atoms with E-state index >= 15 is 0 Å². The topological polar surface area (TPSA) is 43.8 Å². The van der Waals surface area contributed by atoms with Crippen molar-refractivity contribution >= 4 is 21.7 Å². The highest BCUT2D eigenvalue weighted by atomic mass is 79.9. The average Bonchev–Trinajstić information content (AvgIpc) is 3.07. The average molecular weight is 352 g/mol. The van der Waals surface area contributed by atoms with E-state index in [9.17, 15) is 4.39 Å². The van der Waals surface area contributed by atoms with Crippen molar-refractivity contribution in [1.29, 1.82) is 0 Å². The van der Waals surface area contributed by atoms with Crippen LogP contribution in [-0.4, -0.2) is 9.55 Å². The summed E-state index contributed by atoms with van der Waals surface area (Å²) in [5.41, 5.74) is 7.91. The lowest BCUT2D eigenvalue weighted by molar-refractivity contribution is 0.604. The summed E-state index contributed by atoms with van der Waals surface area (Å²) < 4.78 is 16.1. The molecule has 0 atom stereocenters. The molecule has 1 aromatic carbocycles. The van der Waals surface area contributed by atoms with E-state index < -0.39 is 0 Å². The maximum Gasteiger partial charge on any atom is 0.131 e. The van der Waals surface area contributed by atoms with Crippen LogP contribution in [0.5, 0.6) is 0 Å². The number of anilines is 1. The molecule has 1 aliphatic rings. The SMILES string of the molecule is CCn1c(C2CCCC2)nc(-c2ccc(F)cc2Br)c1N. The summed E-state index contributed by atoms with van der Waals surface area (Å²) in [7, 11) is 0.